The zero-order chi connectivity index (χ0) is 34.2. The number of ether oxygens (including phenoxy) is 6. The number of methoxy groups -OCH3 is 1. The molecule has 6 rings (SSSR count). The van der Waals surface area contributed by atoms with Crippen LogP contribution < -0.4 is 0 Å². The third kappa shape index (κ3) is 10.1. The molecule has 5 aromatic carbocycles. The molecule has 0 amide bonds. The Hall–Kier alpha value is -4.82. The Bertz CT molecular complexity index is 1740. The highest BCUT2D eigenvalue weighted by molar-refractivity contribution is 5.54. The van der Waals surface area contributed by atoms with Gasteiger partial charge in [0.2, 0.25) is 0 Å². The molecule has 0 unspecified atom stereocenters. The fourth-order valence-electron chi connectivity index (χ4n) is 5.82. The Morgan fingerprint density at radius 1 is 0.540 bits per heavy atom. The lowest BCUT2D eigenvalue weighted by atomic mass is 10.0. The van der Waals surface area contributed by atoms with Gasteiger partial charge < -0.3 is 28.4 Å². The van der Waals surface area contributed by atoms with E-state index < -0.39 is 24.6 Å². The largest absolute Gasteiger partial charge is 0.490 e. The summed E-state index contributed by atoms with van der Waals surface area (Å²) in [6.45, 7) is 1.65. The predicted octanol–water partition coefficient (Wildman–Crippen LogP) is 8.93. The summed E-state index contributed by atoms with van der Waals surface area (Å²) in [5.41, 5.74) is 5.90. The van der Waals surface area contributed by atoms with E-state index in [0.717, 1.165) is 27.8 Å². The van der Waals surface area contributed by atoms with Crippen LogP contribution in [-0.4, -0.2) is 38.3 Å². The van der Waals surface area contributed by atoms with Gasteiger partial charge in [-0.3, -0.25) is 0 Å². The summed E-state index contributed by atoms with van der Waals surface area (Å²) >= 11 is 0. The minimum Gasteiger partial charge on any atom is -0.490 e. The number of rotatable bonds is 16. The molecule has 0 saturated heterocycles. The molecular weight excluding hydrogens is 624 g/mol. The van der Waals surface area contributed by atoms with E-state index in [1.807, 2.05) is 140 Å². The molecular formula is C44H44O6. The van der Waals surface area contributed by atoms with E-state index in [0.29, 0.717) is 37.8 Å². The van der Waals surface area contributed by atoms with Crippen LogP contribution in [0, 0.1) is 0 Å². The van der Waals surface area contributed by atoms with Gasteiger partial charge in [-0.1, -0.05) is 158 Å². The molecule has 0 spiro atoms. The van der Waals surface area contributed by atoms with E-state index in [9.17, 15) is 0 Å². The van der Waals surface area contributed by atoms with Gasteiger partial charge in [-0.15, -0.1) is 0 Å². The smallest absolute Gasteiger partial charge is 0.187 e. The highest BCUT2D eigenvalue weighted by Crippen LogP contribution is 2.34. The van der Waals surface area contributed by atoms with Crippen LogP contribution in [0.25, 0.3) is 6.08 Å². The zero-order valence-electron chi connectivity index (χ0n) is 28.4. The van der Waals surface area contributed by atoms with Gasteiger partial charge >= 0.3 is 0 Å². The van der Waals surface area contributed by atoms with Gasteiger partial charge in [-0.05, 0) is 33.9 Å². The molecule has 256 valence electrons. The first-order chi connectivity index (χ1) is 24.8. The van der Waals surface area contributed by atoms with E-state index in [4.69, 9.17) is 28.4 Å². The number of benzene rings is 5. The summed E-state index contributed by atoms with van der Waals surface area (Å²) in [6, 6.07) is 50.6. The molecule has 0 saturated carbocycles. The number of hydrogen-bond donors (Lipinski definition) is 0. The topological polar surface area (TPSA) is 55.4 Å². The molecule has 0 aromatic heterocycles. The van der Waals surface area contributed by atoms with Crippen molar-refractivity contribution >= 4 is 6.08 Å². The Balaban J connectivity index is 1.41. The first-order valence-corrected chi connectivity index (χ1v) is 17.0. The van der Waals surface area contributed by atoms with Crippen molar-refractivity contribution in [3.8, 4) is 0 Å². The van der Waals surface area contributed by atoms with Gasteiger partial charge in [0.15, 0.2) is 6.29 Å². The third-order valence-electron chi connectivity index (χ3n) is 8.42. The fraction of sp³-hybridized carbons (Fsp3) is 0.227. The lowest BCUT2D eigenvalue weighted by Crippen LogP contribution is -2.45. The maximum atomic E-state index is 6.89. The first-order valence-electron chi connectivity index (χ1n) is 17.0. The molecule has 50 heavy (non-hydrogen) atoms. The highest BCUT2D eigenvalue weighted by Gasteiger charge is 2.43. The van der Waals surface area contributed by atoms with Gasteiger partial charge in [0.05, 0.1) is 26.4 Å². The van der Waals surface area contributed by atoms with Crippen molar-refractivity contribution in [3.05, 3.63) is 197 Å². The Morgan fingerprint density at radius 3 is 1.56 bits per heavy atom. The SMILES string of the molecule is CO[C@H]1O[C@H](COCc2ccccc2)[C@@H](OCc2ccccc2)[C@H](OCc2ccccc2)C(OCc2ccccc2)=C1/C=C/c1ccccc1. The summed E-state index contributed by atoms with van der Waals surface area (Å²) < 4.78 is 39.8. The lowest BCUT2D eigenvalue weighted by Gasteiger charge is -2.32. The van der Waals surface area contributed by atoms with Crippen molar-refractivity contribution in [1.82, 2.24) is 0 Å². The van der Waals surface area contributed by atoms with Crippen molar-refractivity contribution in [3.63, 3.8) is 0 Å². The fourth-order valence-corrected chi connectivity index (χ4v) is 5.82. The van der Waals surface area contributed by atoms with Crippen molar-refractivity contribution in [2.45, 2.75) is 51.0 Å². The molecule has 0 aliphatic carbocycles. The van der Waals surface area contributed by atoms with E-state index in [-0.39, 0.29) is 6.61 Å². The normalized spacial score (nSPS) is 19.4. The summed E-state index contributed by atoms with van der Waals surface area (Å²) in [6.07, 6.45) is 1.37. The quantitative estimate of drug-likeness (QED) is 0.105. The second-order valence-corrected chi connectivity index (χ2v) is 12.1. The van der Waals surface area contributed by atoms with Crippen LogP contribution in [0.3, 0.4) is 0 Å². The molecule has 0 bridgehead atoms. The molecule has 1 aliphatic rings. The van der Waals surface area contributed by atoms with E-state index in [1.54, 1.807) is 7.11 Å². The molecule has 4 atom stereocenters. The predicted molar refractivity (Wildman–Crippen MR) is 196 cm³/mol. The second kappa shape index (κ2) is 18.8. The first kappa shape index (κ1) is 35.0. The van der Waals surface area contributed by atoms with Gasteiger partial charge in [0.25, 0.3) is 0 Å². The summed E-state index contributed by atoms with van der Waals surface area (Å²) in [7, 11) is 1.64. The second-order valence-electron chi connectivity index (χ2n) is 12.1. The molecule has 5 aromatic rings. The summed E-state index contributed by atoms with van der Waals surface area (Å²) in [4.78, 5) is 0. The van der Waals surface area contributed by atoms with Crippen molar-refractivity contribution < 1.29 is 28.4 Å². The van der Waals surface area contributed by atoms with E-state index >= 15 is 0 Å². The number of hydrogen-bond acceptors (Lipinski definition) is 6. The zero-order valence-corrected chi connectivity index (χ0v) is 28.4. The summed E-state index contributed by atoms with van der Waals surface area (Å²) in [5, 5.41) is 0. The van der Waals surface area contributed by atoms with Crippen LogP contribution in [-0.2, 0) is 54.8 Å². The van der Waals surface area contributed by atoms with Crippen LogP contribution in [0.15, 0.2) is 169 Å². The van der Waals surface area contributed by atoms with Gasteiger partial charge in [0, 0.05) is 12.7 Å². The van der Waals surface area contributed by atoms with Crippen LogP contribution in [0.1, 0.15) is 27.8 Å². The van der Waals surface area contributed by atoms with E-state index in [2.05, 4.69) is 24.3 Å². The van der Waals surface area contributed by atoms with Crippen molar-refractivity contribution in [1.29, 1.82) is 0 Å². The van der Waals surface area contributed by atoms with Crippen LogP contribution in [0.4, 0.5) is 0 Å². The Labute approximate surface area is 295 Å². The van der Waals surface area contributed by atoms with Gasteiger partial charge in [-0.2, -0.15) is 0 Å². The monoisotopic (exact) mass is 668 g/mol. The molecule has 0 N–H and O–H groups in total. The van der Waals surface area contributed by atoms with E-state index in [1.165, 1.54) is 0 Å². The van der Waals surface area contributed by atoms with Crippen LogP contribution in [0.5, 0.6) is 0 Å². The summed E-state index contributed by atoms with van der Waals surface area (Å²) in [5.74, 6) is 0.590. The maximum absolute atomic E-state index is 6.89. The molecule has 6 nitrogen and oxygen atoms in total. The molecule has 1 aliphatic heterocycles. The molecule has 6 heteroatoms. The minimum atomic E-state index is -0.792. The van der Waals surface area contributed by atoms with Crippen molar-refractivity contribution in [2.75, 3.05) is 13.7 Å². The Morgan fingerprint density at radius 2 is 1.02 bits per heavy atom. The van der Waals surface area contributed by atoms with Gasteiger partial charge in [-0.25, -0.2) is 0 Å². The van der Waals surface area contributed by atoms with Crippen molar-refractivity contribution in [2.24, 2.45) is 0 Å². The standard InChI is InChI=1S/C44H44O6/c1-45-44-39(28-27-34-17-7-2-8-18-34)41(47-30-36-21-11-4-12-22-36)43(49-32-38-25-15-6-16-26-38)42(48-31-37-23-13-5-14-24-37)40(50-44)33-46-29-35-19-9-3-10-20-35/h2-28,40,42-44H,29-33H2,1H3/b28-27+/t40-,42-,43-,44+/m1/s1. The average molecular weight is 669 g/mol. The van der Waals surface area contributed by atoms with Crippen LogP contribution in [0.2, 0.25) is 0 Å². The highest BCUT2D eigenvalue weighted by atomic mass is 16.7. The minimum absolute atomic E-state index is 0.237. The lowest BCUT2D eigenvalue weighted by molar-refractivity contribution is -0.202. The average Bonchev–Trinajstić information content (AvgIpc) is 3.30. The Kier molecular flexibility index (Phi) is 13.2. The maximum Gasteiger partial charge on any atom is 0.187 e. The molecule has 1 heterocycles. The van der Waals surface area contributed by atoms with Gasteiger partial charge in [0.1, 0.15) is 30.7 Å². The molecule has 0 fully saturated rings. The third-order valence-corrected chi connectivity index (χ3v) is 8.42. The van der Waals surface area contributed by atoms with Crippen LogP contribution >= 0.6 is 0 Å². The molecule has 0 radical (unpaired) electrons.